The van der Waals surface area contributed by atoms with Crippen LogP contribution in [0.15, 0.2) is 60.9 Å². The number of carbonyl (C=O) groups excluding carboxylic acids is 1. The average molecular weight is 733 g/mol. The summed E-state index contributed by atoms with van der Waals surface area (Å²) in [7, 11) is 0. The van der Waals surface area contributed by atoms with Crippen LogP contribution in [-0.2, 0) is 4.74 Å². The van der Waals surface area contributed by atoms with Crippen molar-refractivity contribution in [2.75, 3.05) is 6.61 Å². The van der Waals surface area contributed by atoms with Crippen LogP contribution in [0.25, 0.3) is 55.4 Å². The molecule has 5 atom stereocenters. The number of fused-ring (bicyclic) bond motifs is 3. The molecule has 1 aliphatic rings. The van der Waals surface area contributed by atoms with Crippen LogP contribution >= 0.6 is 0 Å². The topological polar surface area (TPSA) is 309 Å². The highest BCUT2D eigenvalue weighted by Crippen LogP contribution is 2.53. The molecule has 4 aromatic carbocycles. The molecule has 1 saturated heterocycles. The highest BCUT2D eigenvalue weighted by Gasteiger charge is 2.47. The Labute approximate surface area is 293 Å². The summed E-state index contributed by atoms with van der Waals surface area (Å²) in [4.78, 5) is 39.7. The third-order valence-electron chi connectivity index (χ3n) is 9.25. The van der Waals surface area contributed by atoms with Crippen LogP contribution in [0.4, 0.5) is 0 Å². The number of benzene rings is 4. The van der Waals surface area contributed by atoms with Gasteiger partial charge in [0.2, 0.25) is 5.43 Å². The van der Waals surface area contributed by atoms with Crippen molar-refractivity contribution in [1.82, 2.24) is 0 Å². The van der Waals surface area contributed by atoms with Crippen molar-refractivity contribution in [2.24, 2.45) is 0 Å². The number of aromatic hydroxyl groups is 7. The Kier molecular flexibility index (Phi) is 8.20. The normalized spacial score (nSPS) is 20.4. The van der Waals surface area contributed by atoms with Crippen LogP contribution in [0, 0.1) is 0 Å². The van der Waals surface area contributed by atoms with Crippen LogP contribution in [0.5, 0.6) is 40.2 Å². The van der Waals surface area contributed by atoms with E-state index in [0.717, 1.165) is 36.4 Å². The molecule has 1 fully saturated rings. The number of aliphatic hydroxyl groups is 4. The van der Waals surface area contributed by atoms with Gasteiger partial charge in [0.1, 0.15) is 81.0 Å². The van der Waals surface area contributed by atoms with E-state index < -0.39 is 138 Å². The minimum atomic E-state index is -2.12. The van der Waals surface area contributed by atoms with Crippen LogP contribution < -0.4 is 10.9 Å². The first-order valence-corrected chi connectivity index (χ1v) is 15.6. The van der Waals surface area contributed by atoms with Crippen LogP contribution in [0.1, 0.15) is 28.9 Å². The van der Waals surface area contributed by atoms with Gasteiger partial charge in [0.05, 0.1) is 17.7 Å². The lowest BCUT2D eigenvalue weighted by Crippen LogP contribution is -2.55. The number of aliphatic hydroxyl groups excluding tert-OH is 4. The number of rotatable bonds is 5. The van der Waals surface area contributed by atoms with Crippen molar-refractivity contribution >= 4 is 38.7 Å². The summed E-state index contributed by atoms with van der Waals surface area (Å²) in [5, 5.41) is 117. The summed E-state index contributed by atoms with van der Waals surface area (Å²) >= 11 is 0. The number of hydrogen-bond donors (Lipinski definition) is 11. The standard InChI is InChI=1S/C36H28O17/c1-10(38)12-5-16(41)23-20(6-12)52-34-18(43)7-13(27(44)25(34)30(23)47)22-29(46)26(36-33(50)32(49)28(45)21(9-37)53-36)31(48)24-17(42)8-19(51-35(22)24)11-2-3-14(39)15(40)4-11/h2-8,21,28,32-33,36-37,39-41,43-46,48-50H,9H2,1H3/t21-,28-,32+,33-,36?/m1/s1. The second-order valence-electron chi connectivity index (χ2n) is 12.5. The van der Waals surface area contributed by atoms with E-state index in [-0.39, 0.29) is 22.5 Å². The summed E-state index contributed by atoms with van der Waals surface area (Å²) in [5.41, 5.74) is -6.12. The maximum Gasteiger partial charge on any atom is 0.208 e. The second-order valence-corrected chi connectivity index (χ2v) is 12.5. The number of Topliss-reactive ketones (excluding diaryl/α,β-unsaturated/α-hetero) is 1. The van der Waals surface area contributed by atoms with Gasteiger partial charge in [-0.15, -0.1) is 0 Å². The first-order chi connectivity index (χ1) is 25.0. The molecule has 17 nitrogen and oxygen atoms in total. The molecule has 0 aliphatic carbocycles. The third kappa shape index (κ3) is 5.25. The van der Waals surface area contributed by atoms with E-state index in [2.05, 4.69) is 0 Å². The lowest BCUT2D eigenvalue weighted by molar-refractivity contribution is -0.232. The minimum Gasteiger partial charge on any atom is -0.507 e. The van der Waals surface area contributed by atoms with Crippen LogP contribution in [0.3, 0.4) is 0 Å². The smallest absolute Gasteiger partial charge is 0.208 e. The lowest BCUT2D eigenvalue weighted by Gasteiger charge is -2.40. The van der Waals surface area contributed by atoms with Crippen LogP contribution in [0.2, 0.25) is 0 Å². The van der Waals surface area contributed by atoms with Gasteiger partial charge in [0.25, 0.3) is 0 Å². The molecule has 274 valence electrons. The molecule has 0 amide bonds. The molecule has 2 aromatic heterocycles. The number of carbonyl (C=O) groups is 1. The first kappa shape index (κ1) is 35.1. The van der Waals surface area contributed by atoms with Crippen molar-refractivity contribution in [3.8, 4) is 62.7 Å². The van der Waals surface area contributed by atoms with Gasteiger partial charge >= 0.3 is 0 Å². The van der Waals surface area contributed by atoms with Gasteiger partial charge in [-0.3, -0.25) is 14.4 Å². The quantitative estimate of drug-likeness (QED) is 0.0523. The van der Waals surface area contributed by atoms with Crippen molar-refractivity contribution in [3.05, 3.63) is 74.0 Å². The monoisotopic (exact) mass is 732 g/mol. The Balaban J connectivity index is 1.61. The van der Waals surface area contributed by atoms with Gasteiger partial charge in [-0.2, -0.15) is 0 Å². The van der Waals surface area contributed by atoms with E-state index in [1.807, 2.05) is 0 Å². The highest BCUT2D eigenvalue weighted by molar-refractivity contribution is 6.08. The molecule has 0 spiro atoms. The molecule has 17 heteroatoms. The van der Waals surface area contributed by atoms with Gasteiger partial charge in [-0.1, -0.05) is 0 Å². The van der Waals surface area contributed by atoms with Crippen molar-refractivity contribution < 1.29 is 74.5 Å². The van der Waals surface area contributed by atoms with Gasteiger partial charge in [-0.05, 0) is 43.3 Å². The van der Waals surface area contributed by atoms with Crippen LogP contribution in [-0.4, -0.2) is 93.0 Å². The fourth-order valence-corrected chi connectivity index (χ4v) is 6.55. The SMILES string of the molecule is CC(=O)c1cc(O)c2c(=O)c3c(O)c(-c4c(O)c(C5O[C@H](CO)[C@@H](O)[C@H](O)[C@H]5O)c(O)c5c(=O)cc(-c6ccc(O)c(O)c6)oc45)cc(O)c3oc2c1. The molecule has 3 heterocycles. The van der Waals surface area contributed by atoms with Crippen molar-refractivity contribution in [1.29, 1.82) is 0 Å². The summed E-state index contributed by atoms with van der Waals surface area (Å²) in [6.45, 7) is 0.272. The van der Waals surface area contributed by atoms with Gasteiger partial charge < -0.3 is 69.7 Å². The Hall–Kier alpha value is -6.37. The van der Waals surface area contributed by atoms with Gasteiger partial charge in [0.15, 0.2) is 39.6 Å². The molecule has 0 bridgehead atoms. The predicted molar refractivity (Wildman–Crippen MR) is 181 cm³/mol. The van der Waals surface area contributed by atoms with Gasteiger partial charge in [0, 0.05) is 22.8 Å². The van der Waals surface area contributed by atoms with E-state index in [4.69, 9.17) is 13.6 Å². The average Bonchev–Trinajstić information content (AvgIpc) is 3.10. The fraction of sp³-hybridized carbons (Fsp3) is 0.194. The molecule has 6 aromatic rings. The number of ketones is 1. The summed E-state index contributed by atoms with van der Waals surface area (Å²) in [6.07, 6.45) is -9.58. The zero-order valence-electron chi connectivity index (χ0n) is 27.0. The number of ether oxygens (including phenoxy) is 1. The largest absolute Gasteiger partial charge is 0.507 e. The van der Waals surface area contributed by atoms with E-state index in [9.17, 15) is 70.6 Å². The molecular formula is C36H28O17. The summed E-state index contributed by atoms with van der Waals surface area (Å²) in [5.74, 6) is -6.81. The number of hydrogen-bond acceptors (Lipinski definition) is 17. The Morgan fingerprint density at radius 3 is 2.08 bits per heavy atom. The summed E-state index contributed by atoms with van der Waals surface area (Å²) in [6, 6.07) is 7.06. The van der Waals surface area contributed by atoms with Crippen molar-refractivity contribution in [3.63, 3.8) is 0 Å². The molecule has 7 rings (SSSR count). The molecule has 0 radical (unpaired) electrons. The number of phenols is 7. The Morgan fingerprint density at radius 1 is 0.698 bits per heavy atom. The maximum absolute atomic E-state index is 13.9. The molecule has 11 N–H and O–H groups in total. The molecular weight excluding hydrogens is 704 g/mol. The molecule has 0 saturated carbocycles. The van der Waals surface area contributed by atoms with E-state index >= 15 is 0 Å². The lowest BCUT2D eigenvalue weighted by atomic mass is 9.87. The first-order valence-electron chi connectivity index (χ1n) is 15.6. The Bertz CT molecular complexity index is 2660. The molecule has 1 unspecified atom stereocenters. The maximum atomic E-state index is 13.9. The number of phenolic OH excluding ortho intramolecular Hbond substituents is 7. The second kappa shape index (κ2) is 12.4. The minimum absolute atomic E-state index is 0.0136. The molecule has 53 heavy (non-hydrogen) atoms. The highest BCUT2D eigenvalue weighted by atomic mass is 16.5. The van der Waals surface area contributed by atoms with Crippen molar-refractivity contribution in [2.45, 2.75) is 37.4 Å². The van der Waals surface area contributed by atoms with E-state index in [0.29, 0.717) is 0 Å². The predicted octanol–water partition coefficient (Wildman–Crippen LogP) is 2.04. The zero-order valence-corrected chi connectivity index (χ0v) is 27.0. The Morgan fingerprint density at radius 2 is 1.42 bits per heavy atom. The van der Waals surface area contributed by atoms with Gasteiger partial charge in [-0.25, -0.2) is 0 Å². The van der Waals surface area contributed by atoms with E-state index in [1.165, 1.54) is 13.0 Å². The molecule has 1 aliphatic heterocycles. The summed E-state index contributed by atoms with van der Waals surface area (Å²) < 4.78 is 17.2. The fourth-order valence-electron chi connectivity index (χ4n) is 6.55. The third-order valence-corrected chi connectivity index (χ3v) is 9.25. The zero-order chi connectivity index (χ0) is 38.4. The van der Waals surface area contributed by atoms with E-state index in [1.54, 1.807) is 0 Å².